The Hall–Kier alpha value is -3.34. The number of rotatable bonds is 5. The van der Waals surface area contributed by atoms with Crippen LogP contribution in [0.2, 0.25) is 15.2 Å². The van der Waals surface area contributed by atoms with Gasteiger partial charge in [-0.15, -0.1) is 0 Å². The van der Waals surface area contributed by atoms with E-state index in [9.17, 15) is 4.79 Å². The number of nitrogens with one attached hydrogen (secondary N) is 1. The zero-order valence-electron chi connectivity index (χ0n) is 19.7. The predicted octanol–water partition coefficient (Wildman–Crippen LogP) is 6.70. The molecule has 2 aromatic heterocycles. The average Bonchev–Trinajstić information content (AvgIpc) is 3.20. The summed E-state index contributed by atoms with van der Waals surface area (Å²) in [6, 6.07) is 16.4. The van der Waals surface area contributed by atoms with Crippen LogP contribution in [0.25, 0.3) is 17.0 Å². The summed E-state index contributed by atoms with van der Waals surface area (Å²) >= 11 is 18.5. The van der Waals surface area contributed by atoms with Gasteiger partial charge in [-0.3, -0.25) is 9.47 Å². The lowest BCUT2D eigenvalue weighted by atomic mass is 10.0. The molecular formula is C28H22Cl3N5O. The van der Waals surface area contributed by atoms with Crippen molar-refractivity contribution < 1.29 is 4.79 Å². The van der Waals surface area contributed by atoms with Crippen LogP contribution in [0.15, 0.2) is 60.8 Å². The zero-order chi connectivity index (χ0) is 25.9. The summed E-state index contributed by atoms with van der Waals surface area (Å²) in [5, 5.41) is 14.7. The molecule has 1 amide bonds. The Kier molecular flexibility index (Phi) is 7.50. The fourth-order valence-electron chi connectivity index (χ4n) is 4.69. The molecule has 0 unspecified atom stereocenters. The minimum Gasteiger partial charge on any atom is -0.333 e. The van der Waals surface area contributed by atoms with Gasteiger partial charge in [0.15, 0.2) is 0 Å². The Labute approximate surface area is 229 Å². The van der Waals surface area contributed by atoms with E-state index in [1.54, 1.807) is 22.9 Å². The second-order valence-electron chi connectivity index (χ2n) is 8.84. The third kappa shape index (κ3) is 5.66. The number of amides is 1. The number of hydrogen-bond acceptors (Lipinski definition) is 4. The van der Waals surface area contributed by atoms with Crippen LogP contribution < -0.4 is 5.32 Å². The lowest BCUT2D eigenvalue weighted by Crippen LogP contribution is -2.34. The molecule has 0 spiro atoms. The third-order valence-electron chi connectivity index (χ3n) is 6.35. The van der Waals surface area contributed by atoms with Gasteiger partial charge in [-0.1, -0.05) is 47.0 Å². The Balaban J connectivity index is 1.37. The molecule has 1 aliphatic heterocycles. The molecule has 1 aliphatic rings. The van der Waals surface area contributed by atoms with Gasteiger partial charge in [0.2, 0.25) is 0 Å². The van der Waals surface area contributed by atoms with Gasteiger partial charge in [0.1, 0.15) is 5.15 Å². The van der Waals surface area contributed by atoms with E-state index in [-0.39, 0.29) is 6.03 Å². The number of pyridine rings is 1. The number of benzene rings is 2. The standard InChI is InChI=1S/C28H22Cl3N5O/c29-21-3-4-25-23(14-21)24-17-35(8-1-2-18-10-20(15-32)12-22(30)11-18)9-6-26(24)36(25)28(37)34-16-19-5-7-33-27(31)13-19/h1-5,7,10-14H,6,8-9,16-17H2,(H,34,37)/b2-1+. The highest BCUT2D eigenvalue weighted by Gasteiger charge is 2.26. The highest BCUT2D eigenvalue weighted by molar-refractivity contribution is 6.31. The van der Waals surface area contributed by atoms with Crippen molar-refractivity contribution >= 4 is 57.8 Å². The van der Waals surface area contributed by atoms with Crippen LogP contribution >= 0.6 is 34.8 Å². The minimum absolute atomic E-state index is 0.191. The van der Waals surface area contributed by atoms with Crippen molar-refractivity contribution in [2.45, 2.75) is 19.5 Å². The molecule has 0 aliphatic carbocycles. The van der Waals surface area contributed by atoms with E-state index in [0.717, 1.165) is 52.8 Å². The van der Waals surface area contributed by atoms with Crippen LogP contribution in [0.4, 0.5) is 4.79 Å². The van der Waals surface area contributed by atoms with Crippen LogP contribution in [-0.4, -0.2) is 33.6 Å². The van der Waals surface area contributed by atoms with E-state index < -0.39 is 0 Å². The Bertz CT molecular complexity index is 1570. The molecule has 0 fully saturated rings. The normalized spacial score (nSPS) is 13.6. The first-order valence-electron chi connectivity index (χ1n) is 11.7. The van der Waals surface area contributed by atoms with E-state index in [1.807, 2.05) is 42.5 Å². The number of nitriles is 1. The van der Waals surface area contributed by atoms with Crippen LogP contribution in [0.1, 0.15) is 27.9 Å². The van der Waals surface area contributed by atoms with Crippen LogP contribution in [0.5, 0.6) is 0 Å². The molecule has 0 atom stereocenters. The Morgan fingerprint density at radius 3 is 2.78 bits per heavy atom. The van der Waals surface area contributed by atoms with E-state index in [1.165, 1.54) is 0 Å². The van der Waals surface area contributed by atoms with E-state index in [2.05, 4.69) is 27.3 Å². The molecule has 3 heterocycles. The fourth-order valence-corrected chi connectivity index (χ4v) is 5.31. The van der Waals surface area contributed by atoms with Crippen molar-refractivity contribution in [2.75, 3.05) is 13.1 Å². The van der Waals surface area contributed by atoms with Crippen LogP contribution in [0.3, 0.4) is 0 Å². The average molecular weight is 551 g/mol. The highest BCUT2D eigenvalue weighted by Crippen LogP contribution is 2.33. The second kappa shape index (κ2) is 11.0. The van der Waals surface area contributed by atoms with E-state index in [0.29, 0.717) is 33.9 Å². The van der Waals surface area contributed by atoms with Gasteiger partial charge in [0, 0.05) is 59.9 Å². The number of fused-ring (bicyclic) bond motifs is 3. The maximum atomic E-state index is 13.3. The zero-order valence-corrected chi connectivity index (χ0v) is 22.0. The minimum atomic E-state index is -0.191. The van der Waals surface area contributed by atoms with Crippen molar-refractivity contribution in [3.8, 4) is 6.07 Å². The molecule has 6 nitrogen and oxygen atoms in total. The topological polar surface area (TPSA) is 74.0 Å². The molecule has 0 saturated carbocycles. The molecular weight excluding hydrogens is 529 g/mol. The number of carbonyl (C=O) groups is 1. The number of halogens is 3. The predicted molar refractivity (Wildman–Crippen MR) is 148 cm³/mol. The summed E-state index contributed by atoms with van der Waals surface area (Å²) in [5.41, 5.74) is 5.23. The molecule has 0 saturated heterocycles. The first kappa shape index (κ1) is 25.3. The molecule has 0 bridgehead atoms. The fraction of sp³-hybridized carbons (Fsp3) is 0.179. The van der Waals surface area contributed by atoms with Crippen LogP contribution in [-0.2, 0) is 19.5 Å². The van der Waals surface area contributed by atoms with Gasteiger partial charge < -0.3 is 5.32 Å². The SMILES string of the molecule is N#Cc1cc(Cl)cc(/C=C/CN2CCc3c(c4cc(Cl)ccc4n3C(=O)NCc3ccnc(Cl)c3)C2)c1. The molecule has 0 radical (unpaired) electrons. The van der Waals surface area contributed by atoms with Gasteiger partial charge in [0.05, 0.1) is 17.1 Å². The first-order valence-corrected chi connectivity index (χ1v) is 12.8. The smallest absolute Gasteiger partial charge is 0.326 e. The molecule has 37 heavy (non-hydrogen) atoms. The van der Waals surface area contributed by atoms with Crippen molar-refractivity contribution in [2.24, 2.45) is 0 Å². The molecule has 9 heteroatoms. The number of aromatic nitrogens is 2. The first-order chi connectivity index (χ1) is 17.9. The summed E-state index contributed by atoms with van der Waals surface area (Å²) in [6.45, 7) is 2.55. The van der Waals surface area contributed by atoms with Crippen molar-refractivity contribution in [3.63, 3.8) is 0 Å². The third-order valence-corrected chi connectivity index (χ3v) is 7.01. The quantitative estimate of drug-likeness (QED) is 0.281. The number of hydrogen-bond donors (Lipinski definition) is 1. The highest BCUT2D eigenvalue weighted by atomic mass is 35.5. The Morgan fingerprint density at radius 1 is 1.11 bits per heavy atom. The molecule has 5 rings (SSSR count). The summed E-state index contributed by atoms with van der Waals surface area (Å²) in [7, 11) is 0. The maximum Gasteiger partial charge on any atom is 0.326 e. The van der Waals surface area contributed by atoms with Gasteiger partial charge in [-0.2, -0.15) is 5.26 Å². The van der Waals surface area contributed by atoms with Gasteiger partial charge in [-0.25, -0.2) is 9.78 Å². The number of carbonyl (C=O) groups excluding carboxylic acids is 1. The summed E-state index contributed by atoms with van der Waals surface area (Å²) in [5.74, 6) is 0. The molecule has 186 valence electrons. The summed E-state index contributed by atoms with van der Waals surface area (Å²) in [4.78, 5) is 19.6. The van der Waals surface area contributed by atoms with Gasteiger partial charge in [0.25, 0.3) is 0 Å². The van der Waals surface area contributed by atoms with Crippen molar-refractivity contribution in [3.05, 3.63) is 104 Å². The summed E-state index contributed by atoms with van der Waals surface area (Å²) in [6.07, 6.45) is 6.38. The maximum absolute atomic E-state index is 13.3. The largest absolute Gasteiger partial charge is 0.333 e. The monoisotopic (exact) mass is 549 g/mol. The molecule has 4 aromatic rings. The van der Waals surface area contributed by atoms with E-state index >= 15 is 0 Å². The second-order valence-corrected chi connectivity index (χ2v) is 10.1. The Morgan fingerprint density at radius 2 is 1.97 bits per heavy atom. The van der Waals surface area contributed by atoms with Crippen molar-refractivity contribution in [1.29, 1.82) is 5.26 Å². The van der Waals surface area contributed by atoms with E-state index in [4.69, 9.17) is 40.1 Å². The molecule has 1 N–H and O–H groups in total. The summed E-state index contributed by atoms with van der Waals surface area (Å²) < 4.78 is 1.77. The van der Waals surface area contributed by atoms with Crippen LogP contribution in [0, 0.1) is 11.3 Å². The lowest BCUT2D eigenvalue weighted by Gasteiger charge is -2.27. The lowest BCUT2D eigenvalue weighted by molar-refractivity contribution is 0.240. The van der Waals surface area contributed by atoms with Gasteiger partial charge in [-0.05, 0) is 65.2 Å². The van der Waals surface area contributed by atoms with Gasteiger partial charge >= 0.3 is 6.03 Å². The number of nitrogens with zero attached hydrogens (tertiary/aromatic N) is 4. The molecule has 2 aromatic carbocycles. The van der Waals surface area contributed by atoms with Crippen molar-refractivity contribution in [1.82, 2.24) is 19.8 Å².